The Balaban J connectivity index is 2.92. The molecule has 0 saturated heterocycles. The zero-order valence-electron chi connectivity index (χ0n) is 8.51. The van der Waals surface area contributed by atoms with Crippen LogP contribution in [0.25, 0.3) is 0 Å². The van der Waals surface area contributed by atoms with Gasteiger partial charge in [0.1, 0.15) is 5.76 Å². The third kappa shape index (κ3) is 3.47. The number of halogens is 1. The average Bonchev–Trinajstić information content (AvgIpc) is 2.20. The van der Waals surface area contributed by atoms with Crippen LogP contribution in [0.4, 0.5) is 5.69 Å². The molecule has 0 spiro atoms. The molecule has 0 bridgehead atoms. The van der Waals surface area contributed by atoms with E-state index in [-0.39, 0.29) is 11.5 Å². The molecule has 5 nitrogen and oxygen atoms in total. The molecular formula is C10H10BrN3O2. The summed E-state index contributed by atoms with van der Waals surface area (Å²) >= 11 is 3.28. The first-order valence-corrected chi connectivity index (χ1v) is 5.17. The fourth-order valence-electron chi connectivity index (χ4n) is 0.915. The predicted octanol–water partition coefficient (Wildman–Crippen LogP) is 2.81. The predicted molar refractivity (Wildman–Crippen MR) is 63.2 cm³/mol. The first kappa shape index (κ1) is 12.4. The number of azo groups is 1. The minimum absolute atomic E-state index is 0.247. The molecule has 0 aliphatic rings. The molecule has 0 atom stereocenters. The van der Waals surface area contributed by atoms with Crippen molar-refractivity contribution in [2.75, 3.05) is 0 Å². The summed E-state index contributed by atoms with van der Waals surface area (Å²) in [6, 6.07) is 6.99. The number of allylic oxidation sites excluding steroid dienone is 1. The first-order chi connectivity index (χ1) is 7.50. The minimum Gasteiger partial charge on any atom is -0.510 e. The number of nitrogens with zero attached hydrogens (tertiary/aromatic N) is 2. The van der Waals surface area contributed by atoms with Gasteiger partial charge in [-0.1, -0.05) is 15.9 Å². The lowest BCUT2D eigenvalue weighted by Crippen LogP contribution is -2.13. The number of benzene rings is 1. The van der Waals surface area contributed by atoms with Gasteiger partial charge in [0.05, 0.1) is 5.69 Å². The average molecular weight is 284 g/mol. The van der Waals surface area contributed by atoms with E-state index in [1.54, 1.807) is 24.3 Å². The van der Waals surface area contributed by atoms with Gasteiger partial charge in [0.25, 0.3) is 5.91 Å². The Bertz CT molecular complexity index is 448. The number of carbonyl (C=O) groups is 1. The van der Waals surface area contributed by atoms with Crippen molar-refractivity contribution in [3.63, 3.8) is 0 Å². The monoisotopic (exact) mass is 283 g/mol. The second kappa shape index (κ2) is 5.41. The number of primary amides is 1. The van der Waals surface area contributed by atoms with Crippen LogP contribution in [-0.2, 0) is 4.79 Å². The van der Waals surface area contributed by atoms with Crippen LogP contribution in [-0.4, -0.2) is 11.0 Å². The zero-order valence-corrected chi connectivity index (χ0v) is 10.1. The molecule has 84 valence electrons. The van der Waals surface area contributed by atoms with Crippen LogP contribution >= 0.6 is 15.9 Å². The number of rotatable bonds is 3. The van der Waals surface area contributed by atoms with Crippen molar-refractivity contribution in [3.05, 3.63) is 40.2 Å². The fraction of sp³-hybridized carbons (Fsp3) is 0.100. The summed E-state index contributed by atoms with van der Waals surface area (Å²) in [4.78, 5) is 10.9. The van der Waals surface area contributed by atoms with E-state index in [2.05, 4.69) is 26.2 Å². The molecule has 1 aromatic rings. The molecule has 0 fully saturated rings. The third-order valence-corrected chi connectivity index (χ3v) is 2.20. The van der Waals surface area contributed by atoms with Crippen LogP contribution in [0.2, 0.25) is 0 Å². The molecule has 1 aromatic carbocycles. The highest BCUT2D eigenvalue weighted by atomic mass is 79.9. The smallest absolute Gasteiger partial charge is 0.272 e. The van der Waals surface area contributed by atoms with Crippen LogP contribution in [0.5, 0.6) is 0 Å². The summed E-state index contributed by atoms with van der Waals surface area (Å²) in [6.07, 6.45) is 0. The normalized spacial score (nSPS) is 12.6. The van der Waals surface area contributed by atoms with Gasteiger partial charge in [-0.3, -0.25) is 4.79 Å². The molecule has 0 aliphatic heterocycles. The van der Waals surface area contributed by atoms with Gasteiger partial charge in [-0.15, -0.1) is 5.11 Å². The van der Waals surface area contributed by atoms with Gasteiger partial charge < -0.3 is 10.8 Å². The first-order valence-electron chi connectivity index (χ1n) is 4.37. The Morgan fingerprint density at radius 2 is 1.94 bits per heavy atom. The number of carbonyl (C=O) groups excluding carboxylic acids is 1. The summed E-state index contributed by atoms with van der Waals surface area (Å²) < 4.78 is 0.912. The standard InChI is InChI=1S/C10H10BrN3O2/c1-6(15)9(10(12)16)14-13-8-4-2-7(11)3-5-8/h2-5,15H,1H3,(H2,12,16)/b9-6-,14-13?. The van der Waals surface area contributed by atoms with Gasteiger partial charge >= 0.3 is 0 Å². The Morgan fingerprint density at radius 1 is 1.38 bits per heavy atom. The van der Waals surface area contributed by atoms with Crippen molar-refractivity contribution in [3.8, 4) is 0 Å². The molecule has 1 rings (SSSR count). The van der Waals surface area contributed by atoms with Crippen molar-refractivity contribution in [1.29, 1.82) is 0 Å². The fourth-order valence-corrected chi connectivity index (χ4v) is 1.18. The summed E-state index contributed by atoms with van der Waals surface area (Å²) in [5.74, 6) is -1.07. The lowest BCUT2D eigenvalue weighted by atomic mass is 10.3. The number of hydrogen-bond acceptors (Lipinski definition) is 4. The molecule has 0 aliphatic carbocycles. The van der Waals surface area contributed by atoms with E-state index in [4.69, 9.17) is 10.8 Å². The Labute approximate surface area is 101 Å². The maximum absolute atomic E-state index is 10.9. The largest absolute Gasteiger partial charge is 0.510 e. The van der Waals surface area contributed by atoms with Crippen molar-refractivity contribution in [2.45, 2.75) is 6.92 Å². The quantitative estimate of drug-likeness (QED) is 0.508. The van der Waals surface area contributed by atoms with Crippen molar-refractivity contribution < 1.29 is 9.90 Å². The maximum Gasteiger partial charge on any atom is 0.272 e. The van der Waals surface area contributed by atoms with Crippen LogP contribution in [0.1, 0.15) is 6.92 Å². The molecule has 0 saturated carbocycles. The van der Waals surface area contributed by atoms with Gasteiger partial charge in [0, 0.05) is 4.47 Å². The summed E-state index contributed by atoms with van der Waals surface area (Å²) in [5.41, 5.74) is 5.32. The maximum atomic E-state index is 10.9. The van der Waals surface area contributed by atoms with E-state index in [1.165, 1.54) is 6.92 Å². The number of hydrogen-bond donors (Lipinski definition) is 2. The molecule has 3 N–H and O–H groups in total. The molecule has 1 amide bonds. The highest BCUT2D eigenvalue weighted by molar-refractivity contribution is 9.10. The molecule has 16 heavy (non-hydrogen) atoms. The summed E-state index contributed by atoms with van der Waals surface area (Å²) in [7, 11) is 0. The second-order valence-corrected chi connectivity index (χ2v) is 3.89. The number of nitrogens with two attached hydrogens (primary N) is 1. The zero-order chi connectivity index (χ0) is 12.1. The van der Waals surface area contributed by atoms with Crippen LogP contribution < -0.4 is 5.73 Å². The van der Waals surface area contributed by atoms with Crippen molar-refractivity contribution >= 4 is 27.5 Å². The van der Waals surface area contributed by atoms with Gasteiger partial charge in [0.15, 0.2) is 5.70 Å². The van der Waals surface area contributed by atoms with E-state index < -0.39 is 5.91 Å². The van der Waals surface area contributed by atoms with Gasteiger partial charge in [0.2, 0.25) is 0 Å². The topological polar surface area (TPSA) is 88.0 Å². The van der Waals surface area contributed by atoms with E-state index in [1.807, 2.05) is 0 Å². The Kier molecular flexibility index (Phi) is 4.19. The van der Waals surface area contributed by atoms with Crippen LogP contribution in [0.15, 0.2) is 50.4 Å². The molecular weight excluding hydrogens is 274 g/mol. The number of aliphatic hydroxyl groups is 1. The SMILES string of the molecule is C/C(O)=C(/N=Nc1ccc(Br)cc1)C(N)=O. The van der Waals surface area contributed by atoms with E-state index >= 15 is 0 Å². The highest BCUT2D eigenvalue weighted by Gasteiger charge is 2.07. The molecule has 0 heterocycles. The Hall–Kier alpha value is -1.69. The van der Waals surface area contributed by atoms with Crippen molar-refractivity contribution in [2.24, 2.45) is 16.0 Å². The van der Waals surface area contributed by atoms with Gasteiger partial charge in [-0.25, -0.2) is 0 Å². The summed E-state index contributed by atoms with van der Waals surface area (Å²) in [6.45, 7) is 1.32. The van der Waals surface area contributed by atoms with E-state index in [0.29, 0.717) is 5.69 Å². The third-order valence-electron chi connectivity index (χ3n) is 1.67. The van der Waals surface area contributed by atoms with Gasteiger partial charge in [-0.05, 0) is 31.2 Å². The minimum atomic E-state index is -0.819. The Morgan fingerprint density at radius 3 is 2.38 bits per heavy atom. The lowest BCUT2D eigenvalue weighted by Gasteiger charge is -1.96. The number of amides is 1. The molecule has 0 unspecified atom stereocenters. The molecule has 6 heteroatoms. The summed E-state index contributed by atoms with van der Waals surface area (Å²) in [5, 5.41) is 16.5. The second-order valence-electron chi connectivity index (χ2n) is 2.97. The van der Waals surface area contributed by atoms with E-state index in [9.17, 15) is 4.79 Å². The number of aliphatic hydroxyl groups excluding tert-OH is 1. The van der Waals surface area contributed by atoms with E-state index in [0.717, 1.165) is 4.47 Å². The van der Waals surface area contributed by atoms with Crippen molar-refractivity contribution in [1.82, 2.24) is 0 Å². The molecule has 0 radical (unpaired) electrons. The van der Waals surface area contributed by atoms with Crippen LogP contribution in [0, 0.1) is 0 Å². The lowest BCUT2D eigenvalue weighted by molar-refractivity contribution is -0.114. The molecule has 0 aromatic heterocycles. The van der Waals surface area contributed by atoms with Crippen LogP contribution in [0.3, 0.4) is 0 Å². The van der Waals surface area contributed by atoms with Gasteiger partial charge in [-0.2, -0.15) is 5.11 Å². The highest BCUT2D eigenvalue weighted by Crippen LogP contribution is 2.18.